The summed E-state index contributed by atoms with van der Waals surface area (Å²) < 4.78 is 11.8. The number of halogens is 1. The summed E-state index contributed by atoms with van der Waals surface area (Å²) in [6.07, 6.45) is 1.61. The van der Waals surface area contributed by atoms with Gasteiger partial charge in [-0.15, -0.1) is 0 Å². The third kappa shape index (κ3) is 9.23. The second-order valence-corrected chi connectivity index (χ2v) is 8.91. The molecular formula is C17H26BrN5O2S. The monoisotopic (exact) mass is 443 g/mol. The van der Waals surface area contributed by atoms with Gasteiger partial charge in [-0.05, 0) is 45.6 Å². The van der Waals surface area contributed by atoms with Crippen LogP contribution in [0, 0.1) is 5.41 Å². The summed E-state index contributed by atoms with van der Waals surface area (Å²) in [5.74, 6) is 0.987. The van der Waals surface area contributed by atoms with Gasteiger partial charge in [0.05, 0.1) is 16.0 Å². The summed E-state index contributed by atoms with van der Waals surface area (Å²) in [5, 5.41) is 20.1. The lowest BCUT2D eigenvalue weighted by Crippen LogP contribution is -2.09. The predicted molar refractivity (Wildman–Crippen MR) is 111 cm³/mol. The zero-order valence-corrected chi connectivity index (χ0v) is 17.8. The largest absolute Gasteiger partial charge is 0.395 e. The van der Waals surface area contributed by atoms with E-state index >= 15 is 0 Å². The normalized spacial score (nSPS) is 12.0. The Hall–Kier alpha value is -1.55. The number of aliphatic hydroxyl groups is 1. The minimum absolute atomic E-state index is 0.0108. The van der Waals surface area contributed by atoms with Crippen LogP contribution in [0.1, 0.15) is 27.7 Å². The van der Waals surface area contributed by atoms with E-state index in [1.54, 1.807) is 30.5 Å². The number of benzene rings is 1. The quantitative estimate of drug-likeness (QED) is 0.543. The molecule has 26 heavy (non-hydrogen) atoms. The molecule has 1 aromatic carbocycles. The number of aliphatic hydroxyl groups excluding tert-OH is 1. The first-order chi connectivity index (χ1) is 12.1. The highest BCUT2D eigenvalue weighted by molar-refractivity contribution is 9.10. The van der Waals surface area contributed by atoms with Gasteiger partial charge in [0, 0.05) is 18.4 Å². The standard InChI is InChI=1S/C12H14BrN5O2S.C5H12/c13-10-7-16-12(18-11(10)15-5-6-19)17-8-1-3-9(4-2-8)21(14)20;1-5(2,3)4/h1-4,7,19H,5-6,14H2,(H2,15,16,17,18);1-4H3. The van der Waals surface area contributed by atoms with E-state index in [4.69, 9.17) is 10.2 Å². The SMILES string of the molecule is CC(C)(C)C.NS(=O)c1ccc(Nc2ncc(Br)c(NCCO)n2)cc1. The summed E-state index contributed by atoms with van der Waals surface area (Å²) in [5.41, 5.74) is 1.25. The van der Waals surface area contributed by atoms with Crippen LogP contribution in [-0.2, 0) is 11.0 Å². The Morgan fingerprint density at radius 2 is 1.81 bits per heavy atom. The molecule has 7 nitrogen and oxygen atoms in total. The molecule has 0 spiro atoms. The zero-order valence-electron chi connectivity index (χ0n) is 15.4. The Morgan fingerprint density at radius 1 is 1.23 bits per heavy atom. The van der Waals surface area contributed by atoms with Crippen molar-refractivity contribution in [2.24, 2.45) is 10.6 Å². The van der Waals surface area contributed by atoms with E-state index in [0.717, 1.165) is 5.69 Å². The van der Waals surface area contributed by atoms with Gasteiger partial charge in [-0.1, -0.05) is 27.7 Å². The molecule has 0 amide bonds. The Balaban J connectivity index is 0.000000597. The highest BCUT2D eigenvalue weighted by Crippen LogP contribution is 2.22. The maximum Gasteiger partial charge on any atom is 0.229 e. The topological polar surface area (TPSA) is 113 Å². The number of aromatic nitrogens is 2. The Labute approximate surface area is 165 Å². The van der Waals surface area contributed by atoms with Gasteiger partial charge in [-0.2, -0.15) is 4.98 Å². The van der Waals surface area contributed by atoms with E-state index in [-0.39, 0.29) is 6.61 Å². The van der Waals surface area contributed by atoms with Crippen molar-refractivity contribution in [3.05, 3.63) is 34.9 Å². The zero-order chi connectivity index (χ0) is 19.7. The average Bonchev–Trinajstić information content (AvgIpc) is 2.54. The van der Waals surface area contributed by atoms with E-state index in [1.807, 2.05) is 0 Å². The van der Waals surface area contributed by atoms with E-state index < -0.39 is 11.0 Å². The fraction of sp³-hybridized carbons (Fsp3) is 0.412. The lowest BCUT2D eigenvalue weighted by molar-refractivity contribution is 0.311. The summed E-state index contributed by atoms with van der Waals surface area (Å²) in [6.45, 7) is 9.16. The van der Waals surface area contributed by atoms with E-state index in [9.17, 15) is 4.21 Å². The maximum atomic E-state index is 11.1. The van der Waals surface area contributed by atoms with Crippen LogP contribution in [0.3, 0.4) is 0 Å². The lowest BCUT2D eigenvalue weighted by atomic mass is 10.0. The molecule has 0 radical (unpaired) electrons. The number of nitrogens with two attached hydrogens (primary N) is 1. The van der Waals surface area contributed by atoms with Gasteiger partial charge in [0.2, 0.25) is 5.95 Å². The van der Waals surface area contributed by atoms with Crippen molar-refractivity contribution < 1.29 is 9.32 Å². The van der Waals surface area contributed by atoms with Crippen molar-refractivity contribution in [2.45, 2.75) is 32.6 Å². The summed E-state index contributed by atoms with van der Waals surface area (Å²) in [6, 6.07) is 6.82. The van der Waals surface area contributed by atoms with Crippen LogP contribution in [0.2, 0.25) is 0 Å². The van der Waals surface area contributed by atoms with Crippen LogP contribution in [0.15, 0.2) is 39.8 Å². The number of nitrogens with one attached hydrogen (secondary N) is 2. The van der Waals surface area contributed by atoms with Gasteiger partial charge in [-0.25, -0.2) is 14.3 Å². The number of anilines is 3. The Kier molecular flexibility index (Phi) is 9.14. The second-order valence-electron chi connectivity index (χ2n) is 6.99. The molecule has 2 rings (SSSR count). The third-order valence-electron chi connectivity index (χ3n) is 2.49. The molecule has 1 aromatic heterocycles. The molecule has 2 aromatic rings. The summed E-state index contributed by atoms with van der Waals surface area (Å²) in [4.78, 5) is 8.97. The van der Waals surface area contributed by atoms with Crippen molar-refractivity contribution >= 4 is 44.4 Å². The molecule has 9 heteroatoms. The molecule has 0 aliphatic carbocycles. The second kappa shape index (κ2) is 10.6. The molecule has 1 heterocycles. The van der Waals surface area contributed by atoms with Gasteiger partial charge in [0.15, 0.2) is 0 Å². The van der Waals surface area contributed by atoms with Crippen LogP contribution in [-0.4, -0.2) is 32.4 Å². The van der Waals surface area contributed by atoms with E-state index in [0.29, 0.717) is 33.1 Å². The highest BCUT2D eigenvalue weighted by Gasteiger charge is 2.05. The fourth-order valence-electron chi connectivity index (χ4n) is 1.53. The molecule has 0 saturated carbocycles. The van der Waals surface area contributed by atoms with Gasteiger partial charge in [0.25, 0.3) is 0 Å². The van der Waals surface area contributed by atoms with Gasteiger partial charge in [-0.3, -0.25) is 0 Å². The molecule has 1 atom stereocenters. The summed E-state index contributed by atoms with van der Waals surface area (Å²) in [7, 11) is -1.49. The average molecular weight is 444 g/mol. The minimum Gasteiger partial charge on any atom is -0.395 e. The van der Waals surface area contributed by atoms with Crippen molar-refractivity contribution in [1.82, 2.24) is 9.97 Å². The number of hydrogen-bond donors (Lipinski definition) is 4. The molecule has 0 saturated heterocycles. The molecule has 144 valence electrons. The maximum absolute atomic E-state index is 11.1. The first kappa shape index (κ1) is 22.5. The van der Waals surface area contributed by atoms with Crippen LogP contribution in [0.4, 0.5) is 17.5 Å². The number of hydrogen-bond acceptors (Lipinski definition) is 6. The van der Waals surface area contributed by atoms with Crippen molar-refractivity contribution in [1.29, 1.82) is 0 Å². The highest BCUT2D eigenvalue weighted by atomic mass is 79.9. The number of rotatable bonds is 6. The summed E-state index contributed by atoms with van der Waals surface area (Å²) >= 11 is 3.33. The molecule has 0 aliphatic heterocycles. The molecule has 0 bridgehead atoms. The van der Waals surface area contributed by atoms with Crippen LogP contribution < -0.4 is 15.8 Å². The van der Waals surface area contributed by atoms with Crippen molar-refractivity contribution in [2.75, 3.05) is 23.8 Å². The fourth-order valence-corrected chi connectivity index (χ4v) is 2.26. The Bertz CT molecular complexity index is 714. The lowest BCUT2D eigenvalue weighted by Gasteiger charge is -2.09. The Morgan fingerprint density at radius 3 is 2.31 bits per heavy atom. The molecule has 0 fully saturated rings. The first-order valence-corrected chi connectivity index (χ1v) is 10.0. The molecule has 0 aliphatic rings. The first-order valence-electron chi connectivity index (χ1n) is 8.00. The van der Waals surface area contributed by atoms with E-state index in [1.165, 1.54) is 0 Å². The van der Waals surface area contributed by atoms with Crippen LogP contribution >= 0.6 is 15.9 Å². The third-order valence-corrected chi connectivity index (χ3v) is 3.81. The molecule has 5 N–H and O–H groups in total. The smallest absolute Gasteiger partial charge is 0.229 e. The predicted octanol–water partition coefficient (Wildman–Crippen LogP) is 3.42. The van der Waals surface area contributed by atoms with Crippen molar-refractivity contribution in [3.63, 3.8) is 0 Å². The van der Waals surface area contributed by atoms with Crippen LogP contribution in [0.25, 0.3) is 0 Å². The van der Waals surface area contributed by atoms with Crippen LogP contribution in [0.5, 0.6) is 0 Å². The van der Waals surface area contributed by atoms with Crippen molar-refractivity contribution in [3.8, 4) is 0 Å². The minimum atomic E-state index is -1.49. The van der Waals surface area contributed by atoms with Gasteiger partial charge in [0.1, 0.15) is 16.8 Å². The van der Waals surface area contributed by atoms with E-state index in [2.05, 4.69) is 64.2 Å². The number of nitrogens with zero attached hydrogens (tertiary/aromatic N) is 2. The molecule has 1 unspecified atom stereocenters. The van der Waals surface area contributed by atoms with Gasteiger partial charge < -0.3 is 15.7 Å². The van der Waals surface area contributed by atoms with Gasteiger partial charge >= 0.3 is 0 Å². The molecular weight excluding hydrogens is 418 g/mol.